The number of allylic oxidation sites excluding steroid dienone is 2. The molecule has 1 atom stereocenters. The van der Waals surface area contributed by atoms with E-state index < -0.39 is 0 Å². The lowest BCUT2D eigenvalue weighted by Crippen LogP contribution is -2.36. The Bertz CT molecular complexity index is 1170. The minimum Gasteiger partial charge on any atom is -0.388 e. The summed E-state index contributed by atoms with van der Waals surface area (Å²) in [5.41, 5.74) is 3.99. The minimum absolute atomic E-state index is 0.191. The molecule has 0 aliphatic carbocycles. The highest BCUT2D eigenvalue weighted by molar-refractivity contribution is 6.06. The predicted molar refractivity (Wildman–Crippen MR) is 150 cm³/mol. The van der Waals surface area contributed by atoms with E-state index in [9.17, 15) is 4.79 Å². The summed E-state index contributed by atoms with van der Waals surface area (Å²) >= 11 is 0. The standard InChI is InChI=1S/C26H31N7O.C2H6O/c1-18-13-15-33(23-7-4-3-6-20(29-23)16-27-2)25-22(18)17-28-26(31-25)30-19-9-11-21(12-10-19)32-14-5-8-24(32)34;1-3-2/h4,6-7,9-12,17-18,27H,3,5,8,13-16H2,1-2H3,(H,28,30,31);1-2H3. The average Bonchev–Trinajstić information content (AvgIpc) is 3.19. The molecule has 1 saturated heterocycles. The van der Waals surface area contributed by atoms with Crippen molar-refractivity contribution in [2.24, 2.45) is 4.99 Å². The maximum Gasteiger partial charge on any atom is 0.229 e. The molecule has 1 amide bonds. The van der Waals surface area contributed by atoms with E-state index in [0.29, 0.717) is 18.3 Å². The first-order chi connectivity index (χ1) is 18.0. The number of nitrogens with one attached hydrogen (secondary N) is 2. The molecule has 37 heavy (non-hydrogen) atoms. The molecule has 1 aromatic carbocycles. The van der Waals surface area contributed by atoms with Crippen molar-refractivity contribution < 1.29 is 9.53 Å². The molecular formula is C28H37N7O2. The van der Waals surface area contributed by atoms with Crippen LogP contribution in [-0.2, 0) is 9.53 Å². The quantitative estimate of drug-likeness (QED) is 0.625. The molecule has 0 saturated carbocycles. The fraction of sp³-hybridized carbons (Fsp3) is 0.429. The van der Waals surface area contributed by atoms with Gasteiger partial charge in [-0.15, -0.1) is 0 Å². The van der Waals surface area contributed by atoms with Crippen LogP contribution in [0.5, 0.6) is 0 Å². The lowest BCUT2D eigenvalue weighted by atomic mass is 9.95. The summed E-state index contributed by atoms with van der Waals surface area (Å²) in [7, 11) is 5.19. The second kappa shape index (κ2) is 12.6. The number of benzene rings is 1. The normalized spacial score (nSPS) is 18.9. The summed E-state index contributed by atoms with van der Waals surface area (Å²) in [6.07, 6.45) is 11.8. The Morgan fingerprint density at radius 2 is 1.92 bits per heavy atom. The van der Waals surface area contributed by atoms with Gasteiger partial charge in [0, 0.05) is 63.4 Å². The first kappa shape index (κ1) is 26.5. The highest BCUT2D eigenvalue weighted by Crippen LogP contribution is 2.35. The fourth-order valence-electron chi connectivity index (χ4n) is 4.64. The lowest BCUT2D eigenvalue weighted by Gasteiger charge is -2.33. The third kappa shape index (κ3) is 6.42. The molecule has 3 aliphatic rings. The smallest absolute Gasteiger partial charge is 0.229 e. The van der Waals surface area contributed by atoms with E-state index in [4.69, 9.17) is 9.98 Å². The third-order valence-corrected chi connectivity index (χ3v) is 6.53. The number of aliphatic imine (C=N–C) groups is 1. The maximum absolute atomic E-state index is 12.0. The van der Waals surface area contributed by atoms with E-state index in [1.165, 1.54) is 0 Å². The highest BCUT2D eigenvalue weighted by atomic mass is 16.4. The van der Waals surface area contributed by atoms with Crippen molar-refractivity contribution in [3.05, 3.63) is 60.0 Å². The van der Waals surface area contributed by atoms with Crippen molar-refractivity contribution in [1.82, 2.24) is 15.3 Å². The highest BCUT2D eigenvalue weighted by Gasteiger charge is 2.27. The van der Waals surface area contributed by atoms with Gasteiger partial charge in [-0.1, -0.05) is 19.1 Å². The Hall–Kier alpha value is -3.56. The average molecular weight is 504 g/mol. The van der Waals surface area contributed by atoms with Crippen molar-refractivity contribution >= 4 is 34.9 Å². The molecular weight excluding hydrogens is 466 g/mol. The summed E-state index contributed by atoms with van der Waals surface area (Å²) in [4.78, 5) is 30.5. The summed E-state index contributed by atoms with van der Waals surface area (Å²) in [5, 5.41) is 6.53. The molecule has 9 nitrogen and oxygen atoms in total. The number of aromatic nitrogens is 2. The number of carbonyl (C=O) groups is 1. The number of ether oxygens (including phenoxy) is 1. The topological polar surface area (TPSA) is 95.0 Å². The van der Waals surface area contributed by atoms with Crippen molar-refractivity contribution in [2.75, 3.05) is 56.0 Å². The predicted octanol–water partition coefficient (Wildman–Crippen LogP) is 4.38. The van der Waals surface area contributed by atoms with Crippen LogP contribution in [0.4, 0.5) is 23.1 Å². The third-order valence-electron chi connectivity index (χ3n) is 6.53. The van der Waals surface area contributed by atoms with Crippen LogP contribution in [0.25, 0.3) is 0 Å². The molecule has 0 spiro atoms. The number of anilines is 4. The number of amides is 1. The molecule has 3 aliphatic heterocycles. The molecule has 0 bridgehead atoms. The number of methoxy groups -OCH3 is 1. The molecule has 5 rings (SSSR count). The van der Waals surface area contributed by atoms with Gasteiger partial charge in [0.2, 0.25) is 11.9 Å². The number of hydrogen-bond donors (Lipinski definition) is 2. The Morgan fingerprint density at radius 3 is 2.62 bits per heavy atom. The SMILES string of the molecule is CNCC1=CCC=CC(N2CCC(C)c3cnc(Nc4ccc(N5CCCC5=O)cc4)nc32)=N1.COC. The lowest BCUT2D eigenvalue weighted by molar-refractivity contribution is -0.117. The zero-order chi connectivity index (χ0) is 26.2. The molecule has 196 valence electrons. The molecule has 9 heteroatoms. The van der Waals surface area contributed by atoms with E-state index in [1.807, 2.05) is 42.4 Å². The molecule has 1 aromatic heterocycles. The van der Waals surface area contributed by atoms with Crippen LogP contribution in [0.15, 0.2) is 59.4 Å². The number of carbonyl (C=O) groups excluding carboxylic acids is 1. The summed E-state index contributed by atoms with van der Waals surface area (Å²) in [6, 6.07) is 7.88. The van der Waals surface area contributed by atoms with Crippen molar-refractivity contribution in [3.8, 4) is 0 Å². The largest absolute Gasteiger partial charge is 0.388 e. The number of fused-ring (bicyclic) bond motifs is 1. The van der Waals surface area contributed by atoms with Crippen molar-refractivity contribution in [1.29, 1.82) is 0 Å². The first-order valence-electron chi connectivity index (χ1n) is 12.8. The Kier molecular flexibility index (Phi) is 9.03. The van der Waals surface area contributed by atoms with Crippen LogP contribution in [0, 0.1) is 0 Å². The zero-order valence-electron chi connectivity index (χ0n) is 22.2. The van der Waals surface area contributed by atoms with Crippen LogP contribution in [0.3, 0.4) is 0 Å². The van der Waals surface area contributed by atoms with Gasteiger partial charge in [0.05, 0.1) is 5.70 Å². The van der Waals surface area contributed by atoms with Crippen molar-refractivity contribution in [3.63, 3.8) is 0 Å². The maximum atomic E-state index is 12.0. The zero-order valence-corrected chi connectivity index (χ0v) is 22.2. The van der Waals surface area contributed by atoms with E-state index in [1.54, 1.807) is 14.2 Å². The first-order valence-corrected chi connectivity index (χ1v) is 12.8. The molecule has 0 radical (unpaired) electrons. The van der Waals surface area contributed by atoms with Crippen LogP contribution >= 0.6 is 0 Å². The number of rotatable bonds is 5. The molecule has 2 aromatic rings. The molecule has 4 heterocycles. The second-order valence-corrected chi connectivity index (χ2v) is 9.38. The Labute approximate surface area is 219 Å². The van der Waals surface area contributed by atoms with Crippen LogP contribution in [0.2, 0.25) is 0 Å². The number of likely N-dealkylation sites (N-methyl/N-ethyl adjacent to an activating group) is 1. The van der Waals surface area contributed by atoms with Gasteiger partial charge in [0.1, 0.15) is 11.7 Å². The van der Waals surface area contributed by atoms with E-state index in [0.717, 1.165) is 73.2 Å². The van der Waals surface area contributed by atoms with E-state index in [-0.39, 0.29) is 5.91 Å². The number of amidine groups is 1. The summed E-state index contributed by atoms with van der Waals surface area (Å²) in [5.74, 6) is 2.95. The van der Waals surface area contributed by atoms with Gasteiger partial charge in [-0.2, -0.15) is 4.98 Å². The summed E-state index contributed by atoms with van der Waals surface area (Å²) < 4.78 is 4.25. The monoisotopic (exact) mass is 503 g/mol. The Balaban J connectivity index is 0.00000102. The van der Waals surface area contributed by atoms with Crippen LogP contribution in [0.1, 0.15) is 44.1 Å². The minimum atomic E-state index is 0.191. The van der Waals surface area contributed by atoms with E-state index in [2.05, 4.69) is 50.4 Å². The van der Waals surface area contributed by atoms with Crippen LogP contribution < -0.4 is 20.4 Å². The van der Waals surface area contributed by atoms with Gasteiger partial charge >= 0.3 is 0 Å². The van der Waals surface area contributed by atoms with Crippen LogP contribution in [-0.4, -0.2) is 62.6 Å². The fourth-order valence-corrected chi connectivity index (χ4v) is 4.64. The number of hydrogen-bond acceptors (Lipinski definition) is 8. The van der Waals surface area contributed by atoms with Gasteiger partial charge < -0.3 is 25.2 Å². The Morgan fingerprint density at radius 1 is 1.14 bits per heavy atom. The molecule has 1 fully saturated rings. The van der Waals surface area contributed by atoms with Gasteiger partial charge in [-0.25, -0.2) is 9.98 Å². The molecule has 2 N–H and O–H groups in total. The van der Waals surface area contributed by atoms with Crippen molar-refractivity contribution in [2.45, 2.75) is 38.5 Å². The molecule has 1 unspecified atom stereocenters. The van der Waals surface area contributed by atoms with Gasteiger partial charge in [-0.05, 0) is 62.6 Å². The van der Waals surface area contributed by atoms with E-state index >= 15 is 0 Å². The summed E-state index contributed by atoms with van der Waals surface area (Å²) in [6.45, 7) is 4.61. The number of nitrogens with zero attached hydrogens (tertiary/aromatic N) is 5. The van der Waals surface area contributed by atoms with Gasteiger partial charge in [0.15, 0.2) is 0 Å². The van der Waals surface area contributed by atoms with Gasteiger partial charge in [-0.3, -0.25) is 4.79 Å². The second-order valence-electron chi connectivity index (χ2n) is 9.38. The van der Waals surface area contributed by atoms with Gasteiger partial charge in [0.25, 0.3) is 0 Å².